The zero-order chi connectivity index (χ0) is 16.3. The molecule has 116 valence electrons. The number of benzene rings is 2. The predicted octanol–water partition coefficient (Wildman–Crippen LogP) is 4.11. The molecule has 2 nitrogen and oxygen atoms in total. The molecule has 1 amide bonds. The summed E-state index contributed by atoms with van der Waals surface area (Å²) in [6.07, 6.45) is 0. The van der Waals surface area contributed by atoms with Crippen molar-refractivity contribution in [2.24, 2.45) is 0 Å². The Morgan fingerprint density at radius 1 is 0.909 bits per heavy atom. The fourth-order valence-corrected chi connectivity index (χ4v) is 2.25. The van der Waals surface area contributed by atoms with Crippen molar-refractivity contribution in [1.82, 2.24) is 0 Å². The average Bonchev–Trinajstić information content (AvgIpc) is 2.49. The number of anilines is 1. The molecule has 2 rings (SSSR count). The molecule has 0 aliphatic carbocycles. The summed E-state index contributed by atoms with van der Waals surface area (Å²) < 4.78 is 64.8. The molecule has 0 aromatic heterocycles. The minimum atomic E-state index is -1.69. The molecule has 0 saturated heterocycles. The number of amides is 1. The van der Waals surface area contributed by atoms with Gasteiger partial charge in [0.05, 0.1) is 11.4 Å². The van der Waals surface area contributed by atoms with E-state index in [-0.39, 0.29) is 5.75 Å². The molecule has 2 aromatic rings. The smallest absolute Gasteiger partial charge is 0.234 e. The van der Waals surface area contributed by atoms with Crippen molar-refractivity contribution in [3.63, 3.8) is 0 Å². The van der Waals surface area contributed by atoms with E-state index in [1.54, 1.807) is 0 Å². The third kappa shape index (κ3) is 3.76. The number of carbonyl (C=O) groups excluding carboxylic acids is 1. The number of halogens is 5. The van der Waals surface area contributed by atoms with E-state index < -0.39 is 40.7 Å². The van der Waals surface area contributed by atoms with E-state index in [9.17, 15) is 26.7 Å². The highest BCUT2D eigenvalue weighted by atomic mass is 32.2. The highest BCUT2D eigenvalue weighted by molar-refractivity contribution is 8.00. The van der Waals surface area contributed by atoms with E-state index in [1.807, 2.05) is 0 Å². The summed E-state index contributed by atoms with van der Waals surface area (Å²) in [5, 5.41) is 2.07. The maximum atomic E-state index is 13.4. The first-order chi connectivity index (χ1) is 10.4. The fraction of sp³-hybridized carbons (Fsp3) is 0.0714. The molecular weight excluding hydrogens is 325 g/mol. The first-order valence-electron chi connectivity index (χ1n) is 5.89. The van der Waals surface area contributed by atoms with E-state index >= 15 is 0 Å². The molecule has 0 heterocycles. The lowest BCUT2D eigenvalue weighted by molar-refractivity contribution is -0.113. The summed E-state index contributed by atoms with van der Waals surface area (Å²) in [5.41, 5.74) is -0.505. The van der Waals surface area contributed by atoms with Gasteiger partial charge in [-0.2, -0.15) is 0 Å². The summed E-state index contributed by atoms with van der Waals surface area (Å²) in [6.45, 7) is 0. The van der Waals surface area contributed by atoms with Crippen LogP contribution in [0.5, 0.6) is 0 Å². The van der Waals surface area contributed by atoms with Crippen LogP contribution in [-0.2, 0) is 4.79 Å². The fourth-order valence-electron chi connectivity index (χ4n) is 1.52. The van der Waals surface area contributed by atoms with E-state index in [2.05, 4.69) is 5.32 Å². The largest absolute Gasteiger partial charge is 0.323 e. The van der Waals surface area contributed by atoms with Crippen LogP contribution in [0.3, 0.4) is 0 Å². The molecule has 0 saturated carbocycles. The molecule has 8 heteroatoms. The summed E-state index contributed by atoms with van der Waals surface area (Å²) in [5.74, 6) is -7.60. The van der Waals surface area contributed by atoms with Crippen molar-refractivity contribution < 1.29 is 26.7 Å². The van der Waals surface area contributed by atoms with Gasteiger partial charge in [0, 0.05) is 4.90 Å². The van der Waals surface area contributed by atoms with Crippen LogP contribution in [-0.4, -0.2) is 11.7 Å². The first-order valence-corrected chi connectivity index (χ1v) is 6.88. The Morgan fingerprint density at radius 3 is 2.27 bits per heavy atom. The minimum absolute atomic E-state index is 0.247. The highest BCUT2D eigenvalue weighted by Gasteiger charge is 2.15. The maximum absolute atomic E-state index is 13.4. The summed E-state index contributed by atoms with van der Waals surface area (Å²) in [6, 6.07) is 4.65. The van der Waals surface area contributed by atoms with Gasteiger partial charge in [0.1, 0.15) is 0 Å². The molecular formula is C14H8F5NOS. The van der Waals surface area contributed by atoms with Gasteiger partial charge in [0.15, 0.2) is 29.1 Å². The molecule has 0 atom stereocenters. The standard InChI is InChI=1S/C14H8F5NOS/c15-8-2-1-7(5-10(8)17)22-6-12(21)20-11-4-3-9(16)13(18)14(11)19/h1-5H,6H2,(H,20,21). The Balaban J connectivity index is 1.99. The second-order valence-electron chi connectivity index (χ2n) is 4.14. The van der Waals surface area contributed by atoms with Crippen molar-refractivity contribution in [2.75, 3.05) is 11.1 Å². The van der Waals surface area contributed by atoms with Gasteiger partial charge in [-0.1, -0.05) is 0 Å². The molecule has 0 unspecified atom stereocenters. The Labute approximate surface area is 126 Å². The molecule has 0 bridgehead atoms. The molecule has 0 radical (unpaired) electrons. The number of thioether (sulfide) groups is 1. The van der Waals surface area contributed by atoms with Crippen LogP contribution in [0.4, 0.5) is 27.6 Å². The number of nitrogens with one attached hydrogen (secondary N) is 1. The van der Waals surface area contributed by atoms with Crippen LogP contribution >= 0.6 is 11.8 Å². The second kappa shape index (κ2) is 6.78. The molecule has 0 spiro atoms. The zero-order valence-electron chi connectivity index (χ0n) is 10.8. The molecule has 2 aromatic carbocycles. The van der Waals surface area contributed by atoms with Gasteiger partial charge < -0.3 is 5.32 Å². The number of hydrogen-bond donors (Lipinski definition) is 1. The summed E-state index contributed by atoms with van der Waals surface area (Å²) in [7, 11) is 0. The van der Waals surface area contributed by atoms with Crippen molar-refractivity contribution in [3.8, 4) is 0 Å². The first kappa shape index (κ1) is 16.3. The predicted molar refractivity (Wildman–Crippen MR) is 72.0 cm³/mol. The third-order valence-corrected chi connectivity index (χ3v) is 3.56. The van der Waals surface area contributed by atoms with Gasteiger partial charge in [0.25, 0.3) is 0 Å². The third-order valence-electron chi connectivity index (χ3n) is 2.57. The highest BCUT2D eigenvalue weighted by Crippen LogP contribution is 2.22. The van der Waals surface area contributed by atoms with Crippen LogP contribution < -0.4 is 5.32 Å². The van der Waals surface area contributed by atoms with E-state index in [0.29, 0.717) is 11.0 Å². The van der Waals surface area contributed by atoms with Crippen LogP contribution in [0.15, 0.2) is 35.2 Å². The Kier molecular flexibility index (Phi) is 5.02. The number of hydrogen-bond acceptors (Lipinski definition) is 2. The molecule has 0 aliphatic rings. The Morgan fingerprint density at radius 2 is 1.59 bits per heavy atom. The number of rotatable bonds is 4. The lowest BCUT2D eigenvalue weighted by Crippen LogP contribution is -2.15. The van der Waals surface area contributed by atoms with Gasteiger partial charge in [-0.3, -0.25) is 4.79 Å². The normalized spacial score (nSPS) is 10.6. The van der Waals surface area contributed by atoms with Crippen molar-refractivity contribution in [1.29, 1.82) is 0 Å². The number of carbonyl (C=O) groups is 1. The SMILES string of the molecule is O=C(CSc1ccc(F)c(F)c1)Nc1ccc(F)c(F)c1F. The van der Waals surface area contributed by atoms with Crippen LogP contribution in [0.1, 0.15) is 0 Å². The summed E-state index contributed by atoms with van der Waals surface area (Å²) in [4.78, 5) is 11.9. The van der Waals surface area contributed by atoms with Gasteiger partial charge in [0.2, 0.25) is 5.91 Å². The minimum Gasteiger partial charge on any atom is -0.323 e. The van der Waals surface area contributed by atoms with E-state index in [1.165, 1.54) is 6.07 Å². The van der Waals surface area contributed by atoms with Gasteiger partial charge in [-0.25, -0.2) is 22.0 Å². The lowest BCUT2D eigenvalue weighted by atomic mass is 10.3. The maximum Gasteiger partial charge on any atom is 0.234 e. The Hall–Kier alpha value is -2.09. The van der Waals surface area contributed by atoms with Gasteiger partial charge >= 0.3 is 0 Å². The van der Waals surface area contributed by atoms with Crippen LogP contribution in [0, 0.1) is 29.1 Å². The quantitative estimate of drug-likeness (QED) is 0.518. The lowest BCUT2D eigenvalue weighted by Gasteiger charge is -2.07. The Bertz CT molecular complexity index is 723. The monoisotopic (exact) mass is 333 g/mol. The summed E-state index contributed by atoms with van der Waals surface area (Å²) >= 11 is 0.875. The second-order valence-corrected chi connectivity index (χ2v) is 5.18. The molecule has 0 aliphatic heterocycles. The van der Waals surface area contributed by atoms with E-state index in [4.69, 9.17) is 0 Å². The van der Waals surface area contributed by atoms with Crippen molar-refractivity contribution >= 4 is 23.4 Å². The topological polar surface area (TPSA) is 29.1 Å². The molecule has 22 heavy (non-hydrogen) atoms. The van der Waals surface area contributed by atoms with Crippen molar-refractivity contribution in [3.05, 3.63) is 59.4 Å². The van der Waals surface area contributed by atoms with Gasteiger partial charge in [-0.05, 0) is 30.3 Å². The van der Waals surface area contributed by atoms with E-state index in [0.717, 1.165) is 30.0 Å². The van der Waals surface area contributed by atoms with Gasteiger partial charge in [-0.15, -0.1) is 11.8 Å². The van der Waals surface area contributed by atoms with Crippen LogP contribution in [0.2, 0.25) is 0 Å². The molecule has 1 N–H and O–H groups in total. The van der Waals surface area contributed by atoms with Crippen LogP contribution in [0.25, 0.3) is 0 Å². The van der Waals surface area contributed by atoms with Crippen molar-refractivity contribution in [2.45, 2.75) is 4.90 Å². The average molecular weight is 333 g/mol. The molecule has 0 fully saturated rings. The zero-order valence-corrected chi connectivity index (χ0v) is 11.6.